The largest absolute Gasteiger partial charge is 0.378 e. The predicted molar refractivity (Wildman–Crippen MR) is 306 cm³/mol. The Hall–Kier alpha value is -1.75. The van der Waals surface area contributed by atoms with E-state index in [2.05, 4.69) is 61.5 Å². The molecule has 0 N–H and O–H groups in total. The number of unbranched alkanes of at least 4 members (excludes halogenated alkanes) is 12. The minimum absolute atomic E-state index is 0.124. The Balaban J connectivity index is 0.921. The number of hydrogen-bond donors (Lipinski definition) is 0. The first-order chi connectivity index (χ1) is 35.9. The molecule has 3 saturated carbocycles. The van der Waals surface area contributed by atoms with Gasteiger partial charge in [-0.2, -0.15) is 0 Å². The topological polar surface area (TPSA) is 83.5 Å². The fraction of sp³-hybridized carbons (Fsp3) is 0.846. The van der Waals surface area contributed by atoms with E-state index in [1.54, 1.807) is 17.7 Å². The molecule has 2 aliphatic heterocycles. The molecule has 0 spiro atoms. The van der Waals surface area contributed by atoms with Crippen LogP contribution in [0.1, 0.15) is 249 Å². The summed E-state index contributed by atoms with van der Waals surface area (Å²) in [4.78, 5) is 29.0. The second-order valence-electron chi connectivity index (χ2n) is 25.3. The number of allylic oxidation sites excluding steroid dienone is 1. The quantitative estimate of drug-likeness (QED) is 0.0384. The van der Waals surface area contributed by atoms with Gasteiger partial charge in [-0.25, -0.2) is 0 Å². The van der Waals surface area contributed by atoms with Crippen LogP contribution in [0.15, 0.2) is 35.9 Å². The smallest absolute Gasteiger partial charge is 0.261 e. The summed E-state index contributed by atoms with van der Waals surface area (Å²) in [6.07, 6.45) is 34.1. The van der Waals surface area contributed by atoms with Crippen LogP contribution in [0.3, 0.4) is 0 Å². The zero-order chi connectivity index (χ0) is 52.5. The van der Waals surface area contributed by atoms with E-state index in [9.17, 15) is 9.59 Å². The minimum atomic E-state index is -0.543. The summed E-state index contributed by atoms with van der Waals surface area (Å²) in [6, 6.07) is 7.17. The van der Waals surface area contributed by atoms with Gasteiger partial charge in [0, 0.05) is 26.4 Å². The van der Waals surface area contributed by atoms with Crippen molar-refractivity contribution in [3.63, 3.8) is 0 Å². The summed E-state index contributed by atoms with van der Waals surface area (Å²) < 4.78 is 34.5. The van der Waals surface area contributed by atoms with Crippen LogP contribution in [0.4, 0.5) is 0 Å². The molecular weight excluding hydrogens is 939 g/mol. The van der Waals surface area contributed by atoms with E-state index in [0.29, 0.717) is 47.9 Å². The number of carbonyl (C=O) groups excluding carboxylic acids is 2. The first-order valence-corrected chi connectivity index (χ1v) is 32.4. The molecule has 0 bridgehead atoms. The molecule has 3 unspecified atom stereocenters. The number of nitrogens with zero attached hydrogens (tertiary/aromatic N) is 1. The van der Waals surface area contributed by atoms with Gasteiger partial charge in [-0.3, -0.25) is 14.5 Å². The minimum Gasteiger partial charge on any atom is -0.378 e. The van der Waals surface area contributed by atoms with Crippen LogP contribution in [-0.2, 0) is 23.7 Å². The normalized spacial score (nSPS) is 32.1. The lowest BCUT2D eigenvalue weighted by molar-refractivity contribution is -0.240. The van der Waals surface area contributed by atoms with Crippen molar-refractivity contribution in [3.05, 3.63) is 47.0 Å². The number of rotatable bonds is 34. The summed E-state index contributed by atoms with van der Waals surface area (Å²) in [5.74, 6) is 5.66. The van der Waals surface area contributed by atoms with Gasteiger partial charge in [0.2, 0.25) is 0 Å². The highest BCUT2D eigenvalue weighted by Crippen LogP contribution is 2.67. The summed E-state index contributed by atoms with van der Waals surface area (Å²) in [5.41, 5.74) is 3.25. The van der Waals surface area contributed by atoms with E-state index < -0.39 is 12.2 Å². The van der Waals surface area contributed by atoms with Gasteiger partial charge in [-0.05, 0) is 148 Å². The van der Waals surface area contributed by atoms with Crippen molar-refractivity contribution in [2.75, 3.05) is 38.7 Å². The monoisotopic (exact) mass is 1050 g/mol. The van der Waals surface area contributed by atoms with Crippen molar-refractivity contribution in [2.45, 2.75) is 265 Å². The van der Waals surface area contributed by atoms with Gasteiger partial charge in [0.25, 0.3) is 11.8 Å². The Morgan fingerprint density at radius 1 is 0.649 bits per heavy atom. The Morgan fingerprint density at radius 3 is 1.88 bits per heavy atom. The summed E-state index contributed by atoms with van der Waals surface area (Å²) in [6.45, 7) is 22.3. The van der Waals surface area contributed by atoms with Gasteiger partial charge in [0.1, 0.15) is 29.9 Å². The van der Waals surface area contributed by atoms with Gasteiger partial charge in [0.05, 0.1) is 23.8 Å². The number of imide groups is 1. The lowest BCUT2D eigenvalue weighted by atomic mass is 9.47. The first-order valence-electron chi connectivity index (χ1n) is 31.3. The maximum atomic E-state index is 13.8. The molecule has 0 aromatic heterocycles. The number of hydrogen-bond acceptors (Lipinski definition) is 8. The SMILES string of the molecule is CCCCCCO[C@H]1[C@@H](OCCCCCC)[C@@H](CN2C(=O)c3ccccc3C2=O)O[C@@H](SCCCCCCO[C@H]2CC[C@@]3(C)C(=CCC4C3CC[C@@]3(C)C4CC[C@@H]3[C@H](C)CCCC(C)C)C2)[C@@H]1OCCCCCC. The highest BCUT2D eigenvalue weighted by atomic mass is 32.2. The van der Waals surface area contributed by atoms with Crippen LogP contribution in [0.2, 0.25) is 0 Å². The fourth-order valence-corrected chi connectivity index (χ4v) is 16.6. The third-order valence-electron chi connectivity index (χ3n) is 19.7. The first kappa shape index (κ1) is 59.9. The van der Waals surface area contributed by atoms with E-state index in [4.69, 9.17) is 23.7 Å². The Bertz CT molecular complexity index is 1840. The predicted octanol–water partition coefficient (Wildman–Crippen LogP) is 16.6. The highest BCUT2D eigenvalue weighted by molar-refractivity contribution is 7.99. The molecule has 74 heavy (non-hydrogen) atoms. The molecule has 1 aromatic carbocycles. The molecule has 4 fully saturated rings. The average Bonchev–Trinajstić information content (AvgIpc) is 3.87. The van der Waals surface area contributed by atoms with Crippen molar-refractivity contribution in [1.29, 1.82) is 0 Å². The summed E-state index contributed by atoms with van der Waals surface area (Å²) in [5, 5.41) is 0. The van der Waals surface area contributed by atoms with Gasteiger partial charge in [-0.1, -0.05) is 169 Å². The Labute approximate surface area is 456 Å². The second-order valence-corrected chi connectivity index (χ2v) is 26.5. The number of ether oxygens (including phenoxy) is 5. The van der Waals surface area contributed by atoms with E-state index in [-0.39, 0.29) is 36.0 Å². The molecule has 4 aliphatic carbocycles. The molecule has 1 aromatic rings. The highest BCUT2D eigenvalue weighted by Gasteiger charge is 2.59. The lowest BCUT2D eigenvalue weighted by Gasteiger charge is -2.58. The maximum Gasteiger partial charge on any atom is 0.261 e. The lowest BCUT2D eigenvalue weighted by Crippen LogP contribution is -2.62. The number of amides is 2. The third-order valence-corrected chi connectivity index (χ3v) is 20.9. The molecule has 8 nitrogen and oxygen atoms in total. The molecule has 2 amide bonds. The molecular formula is C65H107NO7S. The van der Waals surface area contributed by atoms with E-state index in [0.717, 1.165) is 138 Å². The zero-order valence-corrected chi connectivity index (χ0v) is 49.2. The Morgan fingerprint density at radius 2 is 1.24 bits per heavy atom. The molecule has 2 heterocycles. The maximum absolute atomic E-state index is 13.8. The van der Waals surface area contributed by atoms with E-state index in [1.165, 1.54) is 88.4 Å². The van der Waals surface area contributed by atoms with Gasteiger partial charge in [-0.15, -0.1) is 11.8 Å². The molecule has 0 radical (unpaired) electrons. The van der Waals surface area contributed by atoms with E-state index in [1.807, 2.05) is 23.9 Å². The summed E-state index contributed by atoms with van der Waals surface area (Å²) >= 11 is 1.82. The van der Waals surface area contributed by atoms with Crippen LogP contribution < -0.4 is 0 Å². The van der Waals surface area contributed by atoms with Gasteiger partial charge < -0.3 is 23.7 Å². The number of thioether (sulfide) groups is 1. The van der Waals surface area contributed by atoms with Crippen LogP contribution in [0.5, 0.6) is 0 Å². The Kier molecular flexibility index (Phi) is 24.3. The standard InChI is InChI=1S/C65H107NO7S/c1-9-12-15-22-41-70-58-57(46-66-61(67)51-30-20-21-31-52(51)62(66)68)73-63(60(72-43-24-17-14-11-3)59(58)71-42-23-16-13-10-2)74-44-26-19-18-25-40-69-50-36-38-64(7)49(45-50)32-33-53-55-35-34-54(48(6)29-27-28-47(4)5)65(55,8)39-37-56(53)64/h20-21,30-32,47-48,50,53-60,63H,9-19,22-29,33-46H2,1-8H3/t48-,50+,53?,54-,55?,56?,57-,58+,59+,60-,63+,64+,65-/m1/s1. The number of carbonyl (C=O) groups is 2. The van der Waals surface area contributed by atoms with Crippen LogP contribution in [0, 0.1) is 46.3 Å². The average molecular weight is 1050 g/mol. The molecule has 420 valence electrons. The number of benzene rings is 1. The molecule has 13 atom stereocenters. The molecule has 6 aliphatic rings. The summed E-state index contributed by atoms with van der Waals surface area (Å²) in [7, 11) is 0. The van der Waals surface area contributed by atoms with Crippen LogP contribution in [0.25, 0.3) is 0 Å². The fourth-order valence-electron chi connectivity index (χ4n) is 15.4. The van der Waals surface area contributed by atoms with Crippen LogP contribution in [-0.4, -0.2) is 91.4 Å². The number of fused-ring (bicyclic) bond motifs is 6. The van der Waals surface area contributed by atoms with E-state index >= 15 is 0 Å². The molecule has 7 rings (SSSR count). The van der Waals surface area contributed by atoms with Crippen LogP contribution >= 0.6 is 11.8 Å². The second kappa shape index (κ2) is 30.0. The molecule has 9 heteroatoms. The zero-order valence-electron chi connectivity index (χ0n) is 48.4. The van der Waals surface area contributed by atoms with Crippen molar-refractivity contribution in [3.8, 4) is 0 Å². The van der Waals surface area contributed by atoms with Crippen molar-refractivity contribution in [2.24, 2.45) is 46.3 Å². The van der Waals surface area contributed by atoms with Gasteiger partial charge >= 0.3 is 0 Å². The molecule has 1 saturated heterocycles. The van der Waals surface area contributed by atoms with Gasteiger partial charge in [0.15, 0.2) is 0 Å². The van der Waals surface area contributed by atoms with Crippen molar-refractivity contribution >= 4 is 23.6 Å². The van der Waals surface area contributed by atoms with Crippen molar-refractivity contribution in [1.82, 2.24) is 4.90 Å². The van der Waals surface area contributed by atoms with Crippen molar-refractivity contribution < 1.29 is 33.3 Å². The third kappa shape index (κ3) is 15.1.